The van der Waals surface area contributed by atoms with Crippen LogP contribution >= 0.6 is 0 Å². The molecular weight excluding hydrogens is 329 g/mol. The van der Waals surface area contributed by atoms with E-state index in [0.717, 1.165) is 10.9 Å². The number of ether oxygens (including phenoxy) is 3. The van der Waals surface area contributed by atoms with E-state index in [9.17, 15) is 12.9 Å². The van der Waals surface area contributed by atoms with Crippen molar-refractivity contribution >= 4 is 12.6 Å². The molecule has 1 heterocycles. The number of halogens is 3. The number of nitrogens with zero attached hydrogens (tertiary/aromatic N) is 3. The molecule has 2 aromatic rings. The number of hydrogen-bond acceptors (Lipinski definition) is 5. The van der Waals surface area contributed by atoms with Gasteiger partial charge in [-0.05, 0) is 0 Å². The van der Waals surface area contributed by atoms with Crippen LogP contribution in [0, 0.1) is 0 Å². The van der Waals surface area contributed by atoms with Gasteiger partial charge in [-0.15, -0.1) is 0 Å². The largest absolute Gasteiger partial charge is 1.00 e. The first kappa shape index (κ1) is 19.3. The Morgan fingerprint density at radius 2 is 1.55 bits per heavy atom. The van der Waals surface area contributed by atoms with Crippen LogP contribution in [-0.4, -0.2) is 43.3 Å². The summed E-state index contributed by atoms with van der Waals surface area (Å²) in [6, 6.07) is 2.95. The van der Waals surface area contributed by atoms with Crippen molar-refractivity contribution in [3.05, 3.63) is 18.3 Å². The predicted octanol–water partition coefficient (Wildman–Crippen LogP) is -1.65. The van der Waals surface area contributed by atoms with E-state index in [0.29, 0.717) is 22.9 Å². The monoisotopic (exact) mass is 341 g/mol. The Morgan fingerprint density at radius 3 is 1.91 bits per heavy atom. The molecular formula is C11H12BF3KN3O3. The second-order valence-electron chi connectivity index (χ2n) is 4.05. The quantitative estimate of drug-likeness (QED) is 0.610. The minimum Gasteiger partial charge on any atom is -0.493 e. The molecule has 0 N–H and O–H groups in total. The van der Waals surface area contributed by atoms with Crippen molar-refractivity contribution in [3.8, 4) is 22.9 Å². The Hall–Kier alpha value is -0.749. The minimum absolute atomic E-state index is 0. The third-order valence-electron chi connectivity index (χ3n) is 2.76. The van der Waals surface area contributed by atoms with Gasteiger partial charge in [-0.1, -0.05) is 5.21 Å². The van der Waals surface area contributed by atoms with Crippen LogP contribution in [0.15, 0.2) is 18.3 Å². The molecule has 0 bridgehead atoms. The van der Waals surface area contributed by atoms with Crippen molar-refractivity contribution in [2.24, 2.45) is 0 Å². The maximum absolute atomic E-state index is 12.6. The summed E-state index contributed by atoms with van der Waals surface area (Å²) in [6.45, 7) is -5.20. The Morgan fingerprint density at radius 1 is 1.00 bits per heavy atom. The Kier molecular flexibility index (Phi) is 6.74. The predicted molar refractivity (Wildman–Crippen MR) is 69.7 cm³/mol. The zero-order valence-corrected chi connectivity index (χ0v) is 15.6. The van der Waals surface area contributed by atoms with Crippen molar-refractivity contribution in [2.45, 2.75) is 0 Å². The normalized spacial score (nSPS) is 10.8. The van der Waals surface area contributed by atoms with E-state index in [1.807, 2.05) is 0 Å². The Labute approximate surface area is 167 Å². The van der Waals surface area contributed by atoms with Gasteiger partial charge in [-0.3, -0.25) is 0 Å². The molecule has 11 heteroatoms. The second kappa shape index (κ2) is 7.68. The van der Waals surface area contributed by atoms with Gasteiger partial charge in [0.15, 0.2) is 11.5 Å². The first-order valence-electron chi connectivity index (χ1n) is 5.83. The van der Waals surface area contributed by atoms with Crippen molar-refractivity contribution in [2.75, 3.05) is 21.3 Å². The van der Waals surface area contributed by atoms with E-state index in [1.165, 1.54) is 33.5 Å². The molecule has 0 aliphatic carbocycles. The fourth-order valence-electron chi connectivity index (χ4n) is 1.75. The van der Waals surface area contributed by atoms with Gasteiger partial charge in [-0.2, -0.15) is 5.10 Å². The summed E-state index contributed by atoms with van der Waals surface area (Å²) in [5.74, 6) is 0.951. The third-order valence-corrected chi connectivity index (χ3v) is 2.76. The number of rotatable bonds is 5. The van der Waals surface area contributed by atoms with Gasteiger partial charge < -0.3 is 27.2 Å². The molecule has 0 amide bonds. The topological polar surface area (TPSA) is 58.4 Å². The fraction of sp³-hybridized carbons (Fsp3) is 0.273. The number of methoxy groups -OCH3 is 3. The maximum Gasteiger partial charge on any atom is 1.00 e. The summed E-state index contributed by atoms with van der Waals surface area (Å²) < 4.78 is 54.2. The van der Waals surface area contributed by atoms with Crippen molar-refractivity contribution < 1.29 is 78.5 Å². The summed E-state index contributed by atoms with van der Waals surface area (Å²) in [6.07, 6.45) is 0.806. The molecule has 1 aromatic heterocycles. The van der Waals surface area contributed by atoms with E-state index >= 15 is 0 Å². The van der Waals surface area contributed by atoms with Crippen molar-refractivity contribution in [3.63, 3.8) is 0 Å². The van der Waals surface area contributed by atoms with Crippen LogP contribution in [0.3, 0.4) is 0 Å². The molecule has 2 rings (SSSR count). The molecule has 0 unspecified atom stereocenters. The molecule has 0 fully saturated rings. The molecule has 22 heavy (non-hydrogen) atoms. The van der Waals surface area contributed by atoms with Crippen LogP contribution in [0.2, 0.25) is 0 Å². The Balaban J connectivity index is 0.00000242. The zero-order valence-electron chi connectivity index (χ0n) is 12.5. The second-order valence-corrected chi connectivity index (χ2v) is 4.05. The summed E-state index contributed by atoms with van der Waals surface area (Å²) in [7, 11) is 4.25. The van der Waals surface area contributed by atoms with Gasteiger partial charge in [-0.25, -0.2) is 4.68 Å². The molecule has 0 saturated heterocycles. The summed E-state index contributed by atoms with van der Waals surface area (Å²) in [5.41, 5.74) is -0.716. The van der Waals surface area contributed by atoms with Crippen molar-refractivity contribution in [1.82, 2.24) is 15.0 Å². The van der Waals surface area contributed by atoms with E-state index in [4.69, 9.17) is 14.2 Å². The number of aromatic nitrogens is 3. The molecule has 0 aliphatic rings. The standard InChI is InChI=1S/C11H12BF3N3O3.K/c1-19-8-4-7(5-9(20-2)11(8)21-3)18-6-10(16-17-18)12(13,14)15;/h4-6H,1-3H3;/q-1;+1. The molecule has 114 valence electrons. The van der Waals surface area contributed by atoms with Crippen LogP contribution in [0.1, 0.15) is 0 Å². The number of benzene rings is 1. The first-order valence-corrected chi connectivity index (χ1v) is 5.83. The SMILES string of the molecule is COc1cc(-n2cc([B-](F)(F)F)nn2)cc(OC)c1OC.[K+]. The van der Waals surface area contributed by atoms with E-state index in [1.54, 1.807) is 0 Å². The van der Waals surface area contributed by atoms with Crippen LogP contribution < -0.4 is 71.2 Å². The third kappa shape index (κ3) is 3.96. The minimum atomic E-state index is -5.20. The molecule has 1 aromatic carbocycles. The smallest absolute Gasteiger partial charge is 0.493 e. The van der Waals surface area contributed by atoms with Gasteiger partial charge in [0.25, 0.3) is 0 Å². The summed E-state index contributed by atoms with van der Waals surface area (Å²) in [5, 5.41) is 6.59. The van der Waals surface area contributed by atoms with Crippen LogP contribution in [0.25, 0.3) is 5.69 Å². The average molecular weight is 341 g/mol. The molecule has 0 saturated carbocycles. The van der Waals surface area contributed by atoms with Gasteiger partial charge in [0.2, 0.25) is 5.75 Å². The van der Waals surface area contributed by atoms with E-state index < -0.39 is 12.6 Å². The zero-order chi connectivity index (χ0) is 15.6. The van der Waals surface area contributed by atoms with Crippen LogP contribution in [-0.2, 0) is 0 Å². The molecule has 6 nitrogen and oxygen atoms in total. The maximum atomic E-state index is 12.6. The van der Waals surface area contributed by atoms with Crippen LogP contribution in [0.4, 0.5) is 12.9 Å². The molecule has 0 spiro atoms. The molecule has 0 atom stereocenters. The Bertz CT molecular complexity index is 626. The van der Waals surface area contributed by atoms with Gasteiger partial charge in [0, 0.05) is 23.9 Å². The first-order chi connectivity index (χ1) is 9.90. The fourth-order valence-corrected chi connectivity index (χ4v) is 1.75. The van der Waals surface area contributed by atoms with E-state index in [-0.39, 0.29) is 51.4 Å². The number of hydrogen-bond donors (Lipinski definition) is 0. The van der Waals surface area contributed by atoms with Crippen molar-refractivity contribution in [1.29, 1.82) is 0 Å². The molecule has 0 aliphatic heterocycles. The van der Waals surface area contributed by atoms with Gasteiger partial charge in [0.1, 0.15) is 0 Å². The average Bonchev–Trinajstić information content (AvgIpc) is 2.95. The molecule has 0 radical (unpaired) electrons. The van der Waals surface area contributed by atoms with Crippen LogP contribution in [0.5, 0.6) is 17.2 Å². The van der Waals surface area contributed by atoms with Gasteiger partial charge >= 0.3 is 58.4 Å². The summed E-state index contributed by atoms with van der Waals surface area (Å²) >= 11 is 0. The summed E-state index contributed by atoms with van der Waals surface area (Å²) in [4.78, 5) is 0. The van der Waals surface area contributed by atoms with Gasteiger partial charge in [0.05, 0.1) is 27.0 Å². The van der Waals surface area contributed by atoms with E-state index in [2.05, 4.69) is 10.3 Å².